The molecule has 0 aromatic heterocycles. The molecule has 108 valence electrons. The first-order chi connectivity index (χ1) is 9.77. The highest BCUT2D eigenvalue weighted by Gasteiger charge is 2.40. The van der Waals surface area contributed by atoms with Gasteiger partial charge < -0.3 is 9.47 Å². The Kier molecular flexibility index (Phi) is 5.16. The van der Waals surface area contributed by atoms with Gasteiger partial charge in [0.15, 0.2) is 0 Å². The fourth-order valence-corrected chi connectivity index (χ4v) is 3.08. The smallest absolute Gasteiger partial charge is 0.347 e. The second-order valence-electron chi connectivity index (χ2n) is 5.02. The molecule has 2 rings (SSSR count). The maximum Gasteiger partial charge on any atom is 0.347 e. The number of rotatable bonds is 6. The topological polar surface area (TPSA) is 52.6 Å². The van der Waals surface area contributed by atoms with Crippen LogP contribution >= 0.6 is 0 Å². The summed E-state index contributed by atoms with van der Waals surface area (Å²) in [5.41, 5.74) is 1.19. The van der Waals surface area contributed by atoms with Crippen molar-refractivity contribution in [2.24, 2.45) is 5.92 Å². The highest BCUT2D eigenvalue weighted by Crippen LogP contribution is 2.42. The minimum Gasteiger partial charge on any atom is -0.463 e. The molecule has 4 heteroatoms. The Morgan fingerprint density at radius 2 is 2.10 bits per heavy atom. The average molecular weight is 276 g/mol. The fourth-order valence-electron chi connectivity index (χ4n) is 3.08. The zero-order chi connectivity index (χ0) is 14.4. The van der Waals surface area contributed by atoms with Crippen molar-refractivity contribution < 1.29 is 19.1 Å². The lowest BCUT2D eigenvalue weighted by Gasteiger charge is -2.26. The second kappa shape index (κ2) is 7.08. The number of carbonyl (C=O) groups is 2. The molecule has 0 radical (unpaired) electrons. The summed E-state index contributed by atoms with van der Waals surface area (Å²) in [7, 11) is 0. The van der Waals surface area contributed by atoms with Crippen LogP contribution in [0.15, 0.2) is 30.3 Å². The van der Waals surface area contributed by atoms with Gasteiger partial charge in [-0.2, -0.15) is 0 Å². The third-order valence-electron chi connectivity index (χ3n) is 3.91. The first-order valence-electron chi connectivity index (χ1n) is 7.08. The maximum absolute atomic E-state index is 12.0. The van der Waals surface area contributed by atoms with Crippen LogP contribution in [0.3, 0.4) is 0 Å². The summed E-state index contributed by atoms with van der Waals surface area (Å²) in [6.07, 6.45) is 2.12. The lowest BCUT2D eigenvalue weighted by Crippen LogP contribution is -2.35. The summed E-state index contributed by atoms with van der Waals surface area (Å²) in [4.78, 5) is 22.7. The first-order valence-corrected chi connectivity index (χ1v) is 7.08. The highest BCUT2D eigenvalue weighted by molar-refractivity contribution is 5.76. The average Bonchev–Trinajstić information content (AvgIpc) is 2.95. The largest absolute Gasteiger partial charge is 0.463 e. The van der Waals surface area contributed by atoms with Crippen LogP contribution in [0, 0.1) is 5.92 Å². The molecular weight excluding hydrogens is 256 g/mol. The van der Waals surface area contributed by atoms with Gasteiger partial charge >= 0.3 is 5.97 Å². The van der Waals surface area contributed by atoms with Crippen LogP contribution in [-0.4, -0.2) is 25.2 Å². The number of benzene rings is 1. The molecule has 1 fully saturated rings. The van der Waals surface area contributed by atoms with Crippen molar-refractivity contribution in [2.45, 2.75) is 38.2 Å². The van der Waals surface area contributed by atoms with Crippen LogP contribution in [0.25, 0.3) is 0 Å². The molecule has 0 amide bonds. The zero-order valence-corrected chi connectivity index (χ0v) is 11.7. The van der Waals surface area contributed by atoms with Gasteiger partial charge in [-0.25, -0.2) is 4.79 Å². The van der Waals surface area contributed by atoms with Gasteiger partial charge in [0, 0.05) is 5.92 Å². The van der Waals surface area contributed by atoms with Crippen molar-refractivity contribution in [1.82, 2.24) is 0 Å². The zero-order valence-electron chi connectivity index (χ0n) is 11.7. The van der Waals surface area contributed by atoms with Gasteiger partial charge in [0.1, 0.15) is 0 Å². The molecule has 1 aromatic rings. The van der Waals surface area contributed by atoms with Gasteiger partial charge in [-0.15, -0.1) is 0 Å². The molecule has 0 spiro atoms. The van der Waals surface area contributed by atoms with E-state index in [2.05, 4.69) is 12.1 Å². The quantitative estimate of drug-likeness (QED) is 0.592. The van der Waals surface area contributed by atoms with E-state index in [-0.39, 0.29) is 11.8 Å². The predicted octanol–water partition coefficient (Wildman–Crippen LogP) is 2.68. The van der Waals surface area contributed by atoms with Crippen molar-refractivity contribution in [2.75, 3.05) is 6.61 Å². The summed E-state index contributed by atoms with van der Waals surface area (Å²) in [5, 5.41) is 0. The Labute approximate surface area is 119 Å². The van der Waals surface area contributed by atoms with E-state index in [0.717, 1.165) is 19.3 Å². The van der Waals surface area contributed by atoms with Crippen LogP contribution in [0.4, 0.5) is 0 Å². The van der Waals surface area contributed by atoms with E-state index in [1.165, 1.54) is 5.56 Å². The molecule has 1 aliphatic rings. The number of hydrogen-bond donors (Lipinski definition) is 0. The lowest BCUT2D eigenvalue weighted by atomic mass is 9.85. The van der Waals surface area contributed by atoms with E-state index in [4.69, 9.17) is 9.47 Å². The van der Waals surface area contributed by atoms with Crippen molar-refractivity contribution in [3.63, 3.8) is 0 Å². The van der Waals surface area contributed by atoms with Crippen molar-refractivity contribution in [1.29, 1.82) is 0 Å². The van der Waals surface area contributed by atoms with Crippen molar-refractivity contribution in [3.05, 3.63) is 35.9 Å². The highest BCUT2D eigenvalue weighted by atomic mass is 16.6. The standard InChI is InChI=1S/C16H20O4/c1-2-19-16(18)15(20-11-17)14-10-6-9-13(14)12-7-4-3-5-8-12/h3-5,7-8,11,13-15H,2,6,9-10H2,1H3. The second-order valence-corrected chi connectivity index (χ2v) is 5.02. The third kappa shape index (κ3) is 3.18. The van der Waals surface area contributed by atoms with Gasteiger partial charge in [-0.1, -0.05) is 36.8 Å². The van der Waals surface area contributed by atoms with E-state index >= 15 is 0 Å². The van der Waals surface area contributed by atoms with Crippen molar-refractivity contribution >= 4 is 12.4 Å². The molecule has 0 saturated heterocycles. The Morgan fingerprint density at radius 3 is 2.75 bits per heavy atom. The van der Waals surface area contributed by atoms with Crippen LogP contribution in [0.1, 0.15) is 37.7 Å². The SMILES string of the molecule is CCOC(=O)C(OC=O)C1CCCC1c1ccccc1. The van der Waals surface area contributed by atoms with Gasteiger partial charge in [0.05, 0.1) is 6.61 Å². The number of hydrogen-bond acceptors (Lipinski definition) is 4. The molecule has 1 aromatic carbocycles. The Hall–Kier alpha value is -1.84. The van der Waals surface area contributed by atoms with Gasteiger partial charge in [-0.05, 0) is 31.2 Å². The van der Waals surface area contributed by atoms with E-state index in [0.29, 0.717) is 13.1 Å². The molecular formula is C16H20O4. The Morgan fingerprint density at radius 1 is 1.35 bits per heavy atom. The summed E-state index contributed by atoms with van der Waals surface area (Å²) in [5.74, 6) is -0.195. The van der Waals surface area contributed by atoms with E-state index in [1.54, 1.807) is 6.92 Å². The summed E-state index contributed by atoms with van der Waals surface area (Å²) >= 11 is 0. The minimum absolute atomic E-state index is 0.00153. The summed E-state index contributed by atoms with van der Waals surface area (Å²) in [6, 6.07) is 10.1. The van der Waals surface area contributed by atoms with E-state index < -0.39 is 12.1 Å². The third-order valence-corrected chi connectivity index (χ3v) is 3.91. The molecule has 0 heterocycles. The molecule has 4 nitrogen and oxygen atoms in total. The minimum atomic E-state index is -0.792. The van der Waals surface area contributed by atoms with Gasteiger partial charge in [-0.3, -0.25) is 4.79 Å². The Balaban J connectivity index is 2.18. The summed E-state index contributed by atoms with van der Waals surface area (Å²) in [6.45, 7) is 2.39. The van der Waals surface area contributed by atoms with Crippen LogP contribution in [0.2, 0.25) is 0 Å². The van der Waals surface area contributed by atoms with Crippen LogP contribution < -0.4 is 0 Å². The Bertz CT molecular complexity index is 443. The van der Waals surface area contributed by atoms with E-state index in [1.807, 2.05) is 18.2 Å². The lowest BCUT2D eigenvalue weighted by molar-refractivity contribution is -0.165. The number of carbonyl (C=O) groups excluding carboxylic acids is 2. The molecule has 1 aliphatic carbocycles. The molecule has 3 atom stereocenters. The molecule has 1 saturated carbocycles. The van der Waals surface area contributed by atoms with Crippen LogP contribution in [0.5, 0.6) is 0 Å². The monoisotopic (exact) mass is 276 g/mol. The first kappa shape index (κ1) is 14.6. The molecule has 0 N–H and O–H groups in total. The maximum atomic E-state index is 12.0. The van der Waals surface area contributed by atoms with Crippen molar-refractivity contribution in [3.8, 4) is 0 Å². The predicted molar refractivity (Wildman–Crippen MR) is 74.1 cm³/mol. The summed E-state index contributed by atoms with van der Waals surface area (Å²) < 4.78 is 10.1. The van der Waals surface area contributed by atoms with Crippen LogP contribution in [-0.2, 0) is 19.1 Å². The van der Waals surface area contributed by atoms with E-state index in [9.17, 15) is 9.59 Å². The molecule has 0 bridgehead atoms. The number of esters is 1. The normalized spacial score (nSPS) is 23.1. The molecule has 0 aliphatic heterocycles. The van der Waals surface area contributed by atoms with Gasteiger partial charge in [0.25, 0.3) is 6.47 Å². The van der Waals surface area contributed by atoms with Gasteiger partial charge in [0.2, 0.25) is 6.10 Å². The number of ether oxygens (including phenoxy) is 2. The fraction of sp³-hybridized carbons (Fsp3) is 0.500. The molecule has 3 unspecified atom stereocenters. The molecule has 20 heavy (non-hydrogen) atoms.